The van der Waals surface area contributed by atoms with Gasteiger partial charge < -0.3 is 19.1 Å². The lowest BCUT2D eigenvalue weighted by Gasteiger charge is -2.27. The third kappa shape index (κ3) is 4.65. The fourth-order valence-corrected chi connectivity index (χ4v) is 2.78. The molecule has 0 aliphatic carbocycles. The molecular formula is C19H25N5O3. The molecule has 1 fully saturated rings. The van der Waals surface area contributed by atoms with Crippen molar-refractivity contribution in [2.75, 3.05) is 50.8 Å². The van der Waals surface area contributed by atoms with Crippen molar-refractivity contribution in [3.8, 4) is 11.5 Å². The number of benzene rings is 1. The average Bonchev–Trinajstić information content (AvgIpc) is 2.71. The zero-order valence-corrected chi connectivity index (χ0v) is 16.2. The monoisotopic (exact) mass is 371 g/mol. The number of ether oxygens (including phenoxy) is 3. The van der Waals surface area contributed by atoms with Gasteiger partial charge in [-0.1, -0.05) is 0 Å². The van der Waals surface area contributed by atoms with Gasteiger partial charge in [-0.15, -0.1) is 0 Å². The van der Waals surface area contributed by atoms with E-state index in [9.17, 15) is 0 Å². The number of hydrogen-bond donors (Lipinski definition) is 1. The highest BCUT2D eigenvalue weighted by Crippen LogP contribution is 2.27. The molecule has 144 valence electrons. The van der Waals surface area contributed by atoms with Crippen molar-refractivity contribution in [1.82, 2.24) is 9.97 Å². The number of hydrazone groups is 1. The third-order valence-electron chi connectivity index (χ3n) is 4.28. The van der Waals surface area contributed by atoms with Crippen molar-refractivity contribution in [2.45, 2.75) is 13.8 Å². The molecule has 1 aliphatic rings. The minimum Gasteiger partial charge on any atom is -0.493 e. The lowest BCUT2D eigenvalue weighted by atomic mass is 10.1. The first-order valence-corrected chi connectivity index (χ1v) is 8.82. The van der Waals surface area contributed by atoms with Crippen LogP contribution in [-0.2, 0) is 4.74 Å². The third-order valence-corrected chi connectivity index (χ3v) is 4.28. The standard InChI is InChI=1S/C19H25N5O3/c1-13-11-18(21-19(20-13)24-7-9-27-10-8-24)23-22-14(2)15-5-6-16(25-3)17(12-15)26-4/h5-6,11-12H,7-10H2,1-4H3,(H,20,21,23). The highest BCUT2D eigenvalue weighted by Gasteiger charge is 2.15. The van der Waals surface area contributed by atoms with E-state index in [0.717, 1.165) is 30.1 Å². The zero-order chi connectivity index (χ0) is 19.2. The van der Waals surface area contributed by atoms with Crippen molar-refractivity contribution in [3.05, 3.63) is 35.5 Å². The molecule has 1 aromatic carbocycles. The topological polar surface area (TPSA) is 81.1 Å². The first-order valence-electron chi connectivity index (χ1n) is 8.82. The number of anilines is 2. The molecule has 3 rings (SSSR count). The molecule has 0 saturated carbocycles. The second kappa shape index (κ2) is 8.68. The first-order chi connectivity index (χ1) is 13.1. The summed E-state index contributed by atoms with van der Waals surface area (Å²) in [6.45, 7) is 6.83. The number of nitrogens with one attached hydrogen (secondary N) is 1. The number of aromatic nitrogens is 2. The van der Waals surface area contributed by atoms with Gasteiger partial charge in [-0.05, 0) is 32.0 Å². The predicted octanol–water partition coefficient (Wildman–Crippen LogP) is 2.47. The molecule has 0 atom stereocenters. The van der Waals surface area contributed by atoms with Crippen LogP contribution in [0, 0.1) is 6.92 Å². The Morgan fingerprint density at radius 3 is 2.56 bits per heavy atom. The fraction of sp³-hybridized carbons (Fsp3) is 0.421. The van der Waals surface area contributed by atoms with E-state index < -0.39 is 0 Å². The number of methoxy groups -OCH3 is 2. The van der Waals surface area contributed by atoms with Crippen molar-refractivity contribution < 1.29 is 14.2 Å². The van der Waals surface area contributed by atoms with Crippen molar-refractivity contribution >= 4 is 17.5 Å². The Bertz CT molecular complexity index is 819. The van der Waals surface area contributed by atoms with Crippen LogP contribution in [0.2, 0.25) is 0 Å². The Morgan fingerprint density at radius 1 is 1.11 bits per heavy atom. The van der Waals surface area contributed by atoms with Crippen LogP contribution >= 0.6 is 0 Å². The minimum atomic E-state index is 0.656. The second-order valence-electron chi connectivity index (χ2n) is 6.17. The molecule has 1 saturated heterocycles. The zero-order valence-electron chi connectivity index (χ0n) is 16.2. The predicted molar refractivity (Wildman–Crippen MR) is 105 cm³/mol. The highest BCUT2D eigenvalue weighted by molar-refractivity contribution is 5.99. The van der Waals surface area contributed by atoms with Crippen molar-refractivity contribution in [2.24, 2.45) is 5.10 Å². The summed E-state index contributed by atoms with van der Waals surface area (Å²) in [5, 5.41) is 4.46. The molecule has 27 heavy (non-hydrogen) atoms. The van der Waals surface area contributed by atoms with Crippen molar-refractivity contribution in [3.63, 3.8) is 0 Å². The summed E-state index contributed by atoms with van der Waals surface area (Å²) in [6, 6.07) is 7.56. The summed E-state index contributed by atoms with van der Waals surface area (Å²) in [7, 11) is 3.23. The molecule has 8 heteroatoms. The van der Waals surface area contributed by atoms with Crippen molar-refractivity contribution in [1.29, 1.82) is 0 Å². The first kappa shape index (κ1) is 18.9. The summed E-state index contributed by atoms with van der Waals surface area (Å²) in [6.07, 6.45) is 0. The van der Waals surface area contributed by atoms with Gasteiger partial charge in [-0.2, -0.15) is 10.1 Å². The largest absolute Gasteiger partial charge is 0.493 e. The van der Waals surface area contributed by atoms with Gasteiger partial charge in [-0.25, -0.2) is 4.98 Å². The lowest BCUT2D eigenvalue weighted by Crippen LogP contribution is -2.37. The Labute approximate surface area is 159 Å². The summed E-state index contributed by atoms with van der Waals surface area (Å²) in [4.78, 5) is 11.2. The van der Waals surface area contributed by atoms with Crippen LogP contribution < -0.4 is 19.8 Å². The Hall–Kier alpha value is -2.87. The maximum Gasteiger partial charge on any atom is 0.227 e. The average molecular weight is 371 g/mol. The van der Waals surface area contributed by atoms with Crippen LogP contribution in [0.3, 0.4) is 0 Å². The Kier molecular flexibility index (Phi) is 6.08. The van der Waals surface area contributed by atoms with Crippen LogP contribution in [0.1, 0.15) is 18.2 Å². The van der Waals surface area contributed by atoms with E-state index in [0.29, 0.717) is 36.5 Å². The van der Waals surface area contributed by atoms with E-state index in [-0.39, 0.29) is 0 Å². The van der Waals surface area contributed by atoms with Gasteiger partial charge in [0.1, 0.15) is 0 Å². The van der Waals surface area contributed by atoms with E-state index in [4.69, 9.17) is 14.2 Å². The van der Waals surface area contributed by atoms with Crippen LogP contribution in [0.15, 0.2) is 29.4 Å². The van der Waals surface area contributed by atoms with Gasteiger partial charge in [0.15, 0.2) is 17.3 Å². The lowest BCUT2D eigenvalue weighted by molar-refractivity contribution is 0.122. The Morgan fingerprint density at radius 2 is 1.85 bits per heavy atom. The molecule has 0 unspecified atom stereocenters. The molecule has 0 amide bonds. The molecule has 0 spiro atoms. The van der Waals surface area contributed by atoms with E-state index in [1.165, 1.54) is 0 Å². The maximum absolute atomic E-state index is 5.39. The fourth-order valence-electron chi connectivity index (χ4n) is 2.78. The van der Waals surface area contributed by atoms with Gasteiger partial charge in [0.25, 0.3) is 0 Å². The van der Waals surface area contributed by atoms with E-state index in [2.05, 4.69) is 25.4 Å². The number of aryl methyl sites for hydroxylation is 1. The number of nitrogens with zero attached hydrogens (tertiary/aromatic N) is 4. The maximum atomic E-state index is 5.39. The summed E-state index contributed by atoms with van der Waals surface area (Å²) < 4.78 is 16.0. The molecule has 1 aliphatic heterocycles. The molecular weight excluding hydrogens is 346 g/mol. The van der Waals surface area contributed by atoms with E-state index in [1.54, 1.807) is 14.2 Å². The van der Waals surface area contributed by atoms with Crippen LogP contribution in [0.5, 0.6) is 11.5 Å². The van der Waals surface area contributed by atoms with Crippen LogP contribution in [0.25, 0.3) is 0 Å². The quantitative estimate of drug-likeness (QED) is 0.617. The van der Waals surface area contributed by atoms with Crippen LogP contribution in [0.4, 0.5) is 11.8 Å². The van der Waals surface area contributed by atoms with E-state index in [1.807, 2.05) is 38.1 Å². The van der Waals surface area contributed by atoms with Gasteiger partial charge >= 0.3 is 0 Å². The molecule has 1 aromatic heterocycles. The SMILES string of the molecule is COc1ccc(C(C)=NNc2cc(C)nc(N3CCOCC3)n2)cc1OC. The van der Waals surface area contributed by atoms with Gasteiger partial charge in [0.2, 0.25) is 5.95 Å². The van der Waals surface area contributed by atoms with Gasteiger partial charge in [0, 0.05) is 30.4 Å². The number of rotatable bonds is 6. The molecule has 2 aromatic rings. The Balaban J connectivity index is 1.77. The molecule has 2 heterocycles. The van der Waals surface area contributed by atoms with Gasteiger partial charge in [0.05, 0.1) is 33.1 Å². The van der Waals surface area contributed by atoms with E-state index >= 15 is 0 Å². The summed E-state index contributed by atoms with van der Waals surface area (Å²) in [5.41, 5.74) is 5.65. The smallest absolute Gasteiger partial charge is 0.227 e. The minimum absolute atomic E-state index is 0.656. The molecule has 1 N–H and O–H groups in total. The van der Waals surface area contributed by atoms with Gasteiger partial charge in [-0.3, -0.25) is 5.43 Å². The normalized spacial score (nSPS) is 14.8. The molecule has 0 bridgehead atoms. The second-order valence-corrected chi connectivity index (χ2v) is 6.17. The number of hydrogen-bond acceptors (Lipinski definition) is 8. The van der Waals surface area contributed by atoms with Crippen LogP contribution in [-0.4, -0.2) is 56.2 Å². The molecule has 8 nitrogen and oxygen atoms in total. The number of morpholine rings is 1. The summed E-state index contributed by atoms with van der Waals surface area (Å²) >= 11 is 0. The highest BCUT2D eigenvalue weighted by atomic mass is 16.5. The summed E-state index contributed by atoms with van der Waals surface area (Å²) in [5.74, 6) is 2.70. The molecule has 0 radical (unpaired) electrons.